The van der Waals surface area contributed by atoms with Crippen molar-refractivity contribution >= 4 is 17.7 Å². The van der Waals surface area contributed by atoms with Crippen LogP contribution in [0.2, 0.25) is 0 Å². The van der Waals surface area contributed by atoms with Crippen LogP contribution in [0.4, 0.5) is 0 Å². The fourth-order valence-electron chi connectivity index (χ4n) is 2.95. The van der Waals surface area contributed by atoms with Crippen LogP contribution >= 0.6 is 0 Å². The zero-order valence-corrected chi connectivity index (χ0v) is 17.1. The molecule has 6 heteroatoms. The molecule has 3 aromatic rings. The first kappa shape index (κ1) is 21.8. The van der Waals surface area contributed by atoms with Gasteiger partial charge in [0.1, 0.15) is 12.3 Å². The number of amides is 1. The number of ether oxygens (including phenoxy) is 2. The molecule has 0 fully saturated rings. The molecule has 1 unspecified atom stereocenters. The largest absolute Gasteiger partial charge is 0.494 e. The lowest BCUT2D eigenvalue weighted by molar-refractivity contribution is -0.146. The van der Waals surface area contributed by atoms with Gasteiger partial charge < -0.3 is 14.8 Å². The summed E-state index contributed by atoms with van der Waals surface area (Å²) in [4.78, 5) is 37.7. The van der Waals surface area contributed by atoms with E-state index in [1.54, 1.807) is 78.9 Å². The second-order valence-electron chi connectivity index (χ2n) is 6.65. The van der Waals surface area contributed by atoms with E-state index in [1.165, 1.54) is 0 Å². The number of rotatable bonds is 9. The number of carbonyl (C=O) groups is 3. The van der Waals surface area contributed by atoms with E-state index in [4.69, 9.17) is 9.47 Å². The summed E-state index contributed by atoms with van der Waals surface area (Å²) in [5.74, 6) is -0.815. The van der Waals surface area contributed by atoms with Gasteiger partial charge >= 0.3 is 5.97 Å². The van der Waals surface area contributed by atoms with Crippen molar-refractivity contribution in [3.8, 4) is 5.75 Å². The van der Waals surface area contributed by atoms with Crippen molar-refractivity contribution < 1.29 is 23.9 Å². The molecule has 0 aliphatic rings. The molecule has 0 spiro atoms. The Morgan fingerprint density at radius 2 is 1.42 bits per heavy atom. The molecule has 0 saturated heterocycles. The van der Waals surface area contributed by atoms with E-state index in [-0.39, 0.29) is 12.3 Å². The average molecular weight is 417 g/mol. The van der Waals surface area contributed by atoms with E-state index in [9.17, 15) is 14.4 Å². The second kappa shape index (κ2) is 10.7. The Morgan fingerprint density at radius 3 is 2.03 bits per heavy atom. The van der Waals surface area contributed by atoms with Gasteiger partial charge in [-0.1, -0.05) is 60.7 Å². The summed E-state index contributed by atoms with van der Waals surface area (Å²) in [5.41, 5.74) is 1.38. The van der Waals surface area contributed by atoms with Crippen molar-refractivity contribution in [1.82, 2.24) is 5.32 Å². The lowest BCUT2D eigenvalue weighted by atomic mass is 10.00. The molecule has 1 amide bonds. The van der Waals surface area contributed by atoms with Crippen LogP contribution in [0.25, 0.3) is 0 Å². The Balaban J connectivity index is 1.65. The molecule has 1 atom stereocenters. The summed E-state index contributed by atoms with van der Waals surface area (Å²) in [6.07, 6.45) is -1.10. The summed E-state index contributed by atoms with van der Waals surface area (Å²) in [5, 5.41) is 2.52. The quantitative estimate of drug-likeness (QED) is 0.421. The molecular formula is C25H23NO5. The van der Waals surface area contributed by atoms with Gasteiger partial charge in [0.25, 0.3) is 5.91 Å². The number of Topliss-reactive ketones (excluding diaryl/α,β-unsaturated/α-hetero) is 1. The first-order valence-electron chi connectivity index (χ1n) is 9.93. The van der Waals surface area contributed by atoms with Crippen molar-refractivity contribution in [2.24, 2.45) is 0 Å². The highest BCUT2D eigenvalue weighted by atomic mass is 16.5. The van der Waals surface area contributed by atoms with E-state index < -0.39 is 18.0 Å². The van der Waals surface area contributed by atoms with Gasteiger partial charge in [-0.05, 0) is 31.2 Å². The fraction of sp³-hybridized carbons (Fsp3) is 0.160. The van der Waals surface area contributed by atoms with Gasteiger partial charge in [-0.2, -0.15) is 0 Å². The van der Waals surface area contributed by atoms with Crippen LogP contribution in [-0.2, 0) is 9.53 Å². The molecule has 158 valence electrons. The highest BCUT2D eigenvalue weighted by molar-refractivity contribution is 6.01. The van der Waals surface area contributed by atoms with E-state index in [0.717, 1.165) is 0 Å². The van der Waals surface area contributed by atoms with Gasteiger partial charge in [-0.25, -0.2) is 0 Å². The summed E-state index contributed by atoms with van der Waals surface area (Å²) >= 11 is 0. The smallest absolute Gasteiger partial charge is 0.326 e. The van der Waals surface area contributed by atoms with Crippen molar-refractivity contribution in [3.63, 3.8) is 0 Å². The van der Waals surface area contributed by atoms with Crippen LogP contribution in [0.15, 0.2) is 84.9 Å². The number of esters is 1. The molecule has 6 nitrogen and oxygen atoms in total. The average Bonchev–Trinajstić information content (AvgIpc) is 2.82. The molecule has 3 rings (SSSR count). The molecule has 0 aromatic heterocycles. The topological polar surface area (TPSA) is 81.7 Å². The van der Waals surface area contributed by atoms with Crippen LogP contribution in [0, 0.1) is 0 Å². The molecule has 0 aliphatic carbocycles. The third-order valence-corrected chi connectivity index (χ3v) is 4.47. The first-order chi connectivity index (χ1) is 15.1. The Morgan fingerprint density at radius 1 is 0.806 bits per heavy atom. The van der Waals surface area contributed by atoms with Crippen LogP contribution in [0.1, 0.15) is 39.3 Å². The van der Waals surface area contributed by atoms with Crippen molar-refractivity contribution in [3.05, 3.63) is 102 Å². The van der Waals surface area contributed by atoms with E-state index in [2.05, 4.69) is 5.32 Å². The SMILES string of the molecule is CCOc1ccc(C(=O)NCC(=O)OC(C(=O)c2ccccc2)c2ccccc2)cc1. The van der Waals surface area contributed by atoms with E-state index in [1.807, 2.05) is 13.0 Å². The lowest BCUT2D eigenvalue weighted by Gasteiger charge is -2.17. The van der Waals surface area contributed by atoms with Crippen LogP contribution in [-0.4, -0.2) is 30.8 Å². The van der Waals surface area contributed by atoms with Crippen molar-refractivity contribution in [2.45, 2.75) is 13.0 Å². The number of ketones is 1. The van der Waals surface area contributed by atoms with E-state index in [0.29, 0.717) is 29.0 Å². The third kappa shape index (κ3) is 6.02. The number of carbonyl (C=O) groups excluding carboxylic acids is 3. The van der Waals surface area contributed by atoms with Gasteiger partial charge in [0.2, 0.25) is 5.78 Å². The molecule has 0 heterocycles. The summed E-state index contributed by atoms with van der Waals surface area (Å²) < 4.78 is 10.8. The predicted molar refractivity (Wildman–Crippen MR) is 116 cm³/mol. The number of hydrogen-bond acceptors (Lipinski definition) is 5. The molecule has 0 radical (unpaired) electrons. The second-order valence-corrected chi connectivity index (χ2v) is 6.65. The Bertz CT molecular complexity index is 1020. The van der Waals surface area contributed by atoms with Gasteiger partial charge in [-0.3, -0.25) is 14.4 Å². The minimum absolute atomic E-state index is 0.335. The highest BCUT2D eigenvalue weighted by Crippen LogP contribution is 2.22. The Kier molecular flexibility index (Phi) is 7.54. The maximum atomic E-state index is 12.9. The molecule has 1 N–H and O–H groups in total. The maximum absolute atomic E-state index is 12.9. The number of benzene rings is 3. The monoisotopic (exact) mass is 417 g/mol. The minimum Gasteiger partial charge on any atom is -0.494 e. The van der Waals surface area contributed by atoms with Gasteiger partial charge in [0.15, 0.2) is 6.10 Å². The minimum atomic E-state index is -1.10. The van der Waals surface area contributed by atoms with Crippen LogP contribution in [0.5, 0.6) is 5.75 Å². The zero-order valence-electron chi connectivity index (χ0n) is 17.1. The number of hydrogen-bond donors (Lipinski definition) is 1. The van der Waals surface area contributed by atoms with Crippen molar-refractivity contribution in [2.75, 3.05) is 13.2 Å². The highest BCUT2D eigenvalue weighted by Gasteiger charge is 2.26. The Hall–Kier alpha value is -3.93. The van der Waals surface area contributed by atoms with E-state index >= 15 is 0 Å². The molecule has 0 bridgehead atoms. The summed E-state index contributed by atoms with van der Waals surface area (Å²) in [6, 6.07) is 24.0. The van der Waals surface area contributed by atoms with Crippen LogP contribution < -0.4 is 10.1 Å². The first-order valence-corrected chi connectivity index (χ1v) is 9.93. The third-order valence-electron chi connectivity index (χ3n) is 4.47. The molecule has 0 saturated carbocycles. The van der Waals surface area contributed by atoms with Gasteiger partial charge in [0, 0.05) is 16.7 Å². The predicted octanol–water partition coefficient (Wildman–Crippen LogP) is 3.98. The summed E-state index contributed by atoms with van der Waals surface area (Å²) in [7, 11) is 0. The van der Waals surface area contributed by atoms with Gasteiger partial charge in [-0.15, -0.1) is 0 Å². The molecule has 31 heavy (non-hydrogen) atoms. The molecule has 0 aliphatic heterocycles. The molecular weight excluding hydrogens is 394 g/mol. The fourth-order valence-corrected chi connectivity index (χ4v) is 2.95. The lowest BCUT2D eigenvalue weighted by Crippen LogP contribution is -2.32. The standard InChI is InChI=1S/C25H23NO5/c1-2-30-21-15-13-20(14-16-21)25(29)26-17-22(27)31-24(19-11-7-4-8-12-19)23(28)18-9-5-3-6-10-18/h3-16,24H,2,17H2,1H3,(H,26,29). The van der Waals surface area contributed by atoms with Crippen LogP contribution in [0.3, 0.4) is 0 Å². The summed E-state index contributed by atoms with van der Waals surface area (Å²) in [6.45, 7) is 2.04. The van der Waals surface area contributed by atoms with Crippen molar-refractivity contribution in [1.29, 1.82) is 0 Å². The maximum Gasteiger partial charge on any atom is 0.326 e. The zero-order chi connectivity index (χ0) is 22.1. The van der Waals surface area contributed by atoms with Gasteiger partial charge in [0.05, 0.1) is 6.61 Å². The normalized spacial score (nSPS) is 11.3. The number of nitrogens with one attached hydrogen (secondary N) is 1. The Labute approximate surface area is 180 Å². The molecule has 3 aromatic carbocycles.